The molecule has 0 atom stereocenters. The van der Waals surface area contributed by atoms with Crippen molar-refractivity contribution in [2.75, 3.05) is 14.2 Å². The zero-order valence-corrected chi connectivity index (χ0v) is 18.2. The van der Waals surface area contributed by atoms with E-state index in [1.807, 2.05) is 42.5 Å². The molecule has 0 heterocycles. The van der Waals surface area contributed by atoms with Gasteiger partial charge in [0.15, 0.2) is 11.5 Å². The van der Waals surface area contributed by atoms with E-state index in [0.717, 1.165) is 15.6 Å². The van der Waals surface area contributed by atoms with Crippen molar-refractivity contribution in [3.8, 4) is 17.2 Å². The van der Waals surface area contributed by atoms with E-state index in [1.165, 1.54) is 6.21 Å². The fraction of sp³-hybridized carbons (Fsp3) is 0.130. The lowest BCUT2D eigenvalue weighted by atomic mass is 10.2. The maximum Gasteiger partial charge on any atom is 0.275 e. The third-order valence-electron chi connectivity index (χ3n) is 4.21. The molecule has 154 valence electrons. The minimum absolute atomic E-state index is 0.359. The highest BCUT2D eigenvalue weighted by molar-refractivity contribution is 9.10. The minimum Gasteiger partial charge on any atom is -0.493 e. The van der Waals surface area contributed by atoms with Gasteiger partial charge in [-0.2, -0.15) is 5.10 Å². The monoisotopic (exact) mass is 468 g/mol. The molecule has 30 heavy (non-hydrogen) atoms. The third kappa shape index (κ3) is 5.61. The average molecular weight is 469 g/mol. The van der Waals surface area contributed by atoms with E-state index in [9.17, 15) is 4.79 Å². The molecule has 0 radical (unpaired) electrons. The van der Waals surface area contributed by atoms with Crippen molar-refractivity contribution in [1.29, 1.82) is 0 Å². The van der Waals surface area contributed by atoms with Gasteiger partial charge in [-0.05, 0) is 47.5 Å². The Morgan fingerprint density at radius 3 is 2.43 bits per heavy atom. The third-order valence-corrected chi connectivity index (χ3v) is 4.70. The van der Waals surface area contributed by atoms with E-state index in [1.54, 1.807) is 38.5 Å². The quantitative estimate of drug-likeness (QED) is 0.380. The highest BCUT2D eigenvalue weighted by Gasteiger charge is 2.13. The van der Waals surface area contributed by atoms with Crippen molar-refractivity contribution in [3.63, 3.8) is 0 Å². The molecule has 0 aromatic heterocycles. The fourth-order valence-corrected chi connectivity index (χ4v) is 3.06. The van der Waals surface area contributed by atoms with Gasteiger partial charge in [0.05, 0.1) is 26.0 Å². The van der Waals surface area contributed by atoms with Crippen LogP contribution in [0.25, 0.3) is 0 Å². The standard InChI is InChI=1S/C23H21BrN2O4/c1-28-21-10-8-17(12-22(21)29-2)14-25-26-23(27)19-13-18(24)9-11-20(19)30-15-16-6-4-3-5-7-16/h3-14H,15H2,1-2H3,(H,26,27). The lowest BCUT2D eigenvalue weighted by molar-refractivity contribution is 0.0950. The van der Waals surface area contributed by atoms with Crippen molar-refractivity contribution >= 4 is 28.1 Å². The van der Waals surface area contributed by atoms with Crippen LogP contribution in [0.2, 0.25) is 0 Å². The van der Waals surface area contributed by atoms with Gasteiger partial charge in [0.25, 0.3) is 5.91 Å². The Labute approximate surface area is 183 Å². The molecule has 0 aliphatic carbocycles. The van der Waals surface area contributed by atoms with Crippen LogP contribution in [0.3, 0.4) is 0 Å². The van der Waals surface area contributed by atoms with Crippen LogP contribution >= 0.6 is 15.9 Å². The molecule has 3 rings (SSSR count). The number of carbonyl (C=O) groups excluding carboxylic acids is 1. The van der Waals surface area contributed by atoms with Gasteiger partial charge in [0.2, 0.25) is 0 Å². The first-order valence-electron chi connectivity index (χ1n) is 9.12. The van der Waals surface area contributed by atoms with E-state index in [-0.39, 0.29) is 5.91 Å². The van der Waals surface area contributed by atoms with Crippen LogP contribution in [-0.4, -0.2) is 26.3 Å². The first-order valence-corrected chi connectivity index (χ1v) is 9.91. The summed E-state index contributed by atoms with van der Waals surface area (Å²) in [5.41, 5.74) is 4.68. The molecule has 3 aromatic carbocycles. The van der Waals surface area contributed by atoms with Crippen LogP contribution in [0.5, 0.6) is 17.2 Å². The Hall–Kier alpha value is -3.32. The molecule has 0 aliphatic heterocycles. The number of nitrogens with one attached hydrogen (secondary N) is 1. The molecule has 0 spiro atoms. The van der Waals surface area contributed by atoms with Crippen molar-refractivity contribution in [1.82, 2.24) is 5.43 Å². The molecule has 1 N–H and O–H groups in total. The normalized spacial score (nSPS) is 10.6. The highest BCUT2D eigenvalue weighted by Crippen LogP contribution is 2.27. The number of halogens is 1. The summed E-state index contributed by atoms with van der Waals surface area (Å²) in [6.07, 6.45) is 1.53. The Morgan fingerprint density at radius 2 is 1.70 bits per heavy atom. The number of methoxy groups -OCH3 is 2. The summed E-state index contributed by atoms with van der Waals surface area (Å²) < 4.78 is 17.1. The van der Waals surface area contributed by atoms with Gasteiger partial charge in [-0.3, -0.25) is 4.79 Å². The smallest absolute Gasteiger partial charge is 0.275 e. The van der Waals surface area contributed by atoms with Crippen LogP contribution in [-0.2, 0) is 6.61 Å². The van der Waals surface area contributed by atoms with Crippen molar-refractivity contribution < 1.29 is 19.0 Å². The minimum atomic E-state index is -0.379. The van der Waals surface area contributed by atoms with Crippen molar-refractivity contribution in [2.45, 2.75) is 6.61 Å². The van der Waals surface area contributed by atoms with Crippen LogP contribution in [0.4, 0.5) is 0 Å². The number of benzene rings is 3. The van der Waals surface area contributed by atoms with Gasteiger partial charge in [0, 0.05) is 4.47 Å². The zero-order valence-electron chi connectivity index (χ0n) is 16.6. The molecular formula is C23H21BrN2O4. The van der Waals surface area contributed by atoms with E-state index >= 15 is 0 Å². The molecule has 1 amide bonds. The fourth-order valence-electron chi connectivity index (χ4n) is 2.70. The summed E-state index contributed by atoms with van der Waals surface area (Å²) in [4.78, 5) is 12.7. The predicted molar refractivity (Wildman–Crippen MR) is 120 cm³/mol. The van der Waals surface area contributed by atoms with E-state index in [4.69, 9.17) is 14.2 Å². The van der Waals surface area contributed by atoms with Gasteiger partial charge in [-0.1, -0.05) is 46.3 Å². The van der Waals surface area contributed by atoms with E-state index in [2.05, 4.69) is 26.5 Å². The van der Waals surface area contributed by atoms with Crippen LogP contribution in [0.15, 0.2) is 76.3 Å². The van der Waals surface area contributed by atoms with Gasteiger partial charge < -0.3 is 14.2 Å². The number of carbonyl (C=O) groups is 1. The maximum absolute atomic E-state index is 12.7. The topological polar surface area (TPSA) is 69.2 Å². The number of amides is 1. The average Bonchev–Trinajstić information content (AvgIpc) is 2.78. The maximum atomic E-state index is 12.7. The van der Waals surface area contributed by atoms with Gasteiger partial charge in [0.1, 0.15) is 12.4 Å². The molecule has 6 nitrogen and oxygen atoms in total. The summed E-state index contributed by atoms with van der Waals surface area (Å²) >= 11 is 3.40. The molecule has 0 saturated carbocycles. The van der Waals surface area contributed by atoms with Crippen molar-refractivity contribution in [2.24, 2.45) is 5.10 Å². The number of rotatable bonds is 8. The molecule has 3 aromatic rings. The summed E-state index contributed by atoms with van der Waals surface area (Å²) in [5.74, 6) is 1.29. The Bertz CT molecular complexity index is 1040. The van der Waals surface area contributed by atoms with Gasteiger partial charge in [-0.15, -0.1) is 0 Å². The largest absolute Gasteiger partial charge is 0.493 e. The lowest BCUT2D eigenvalue weighted by Gasteiger charge is -2.11. The number of hydrogen-bond donors (Lipinski definition) is 1. The number of ether oxygens (including phenoxy) is 3. The van der Waals surface area contributed by atoms with Crippen molar-refractivity contribution in [3.05, 3.63) is 87.9 Å². The second kappa shape index (κ2) is 10.5. The molecular weight excluding hydrogens is 448 g/mol. The first-order chi connectivity index (χ1) is 14.6. The number of hydrazone groups is 1. The number of nitrogens with zero attached hydrogens (tertiary/aromatic N) is 1. The van der Waals surface area contributed by atoms with E-state index < -0.39 is 0 Å². The van der Waals surface area contributed by atoms with E-state index in [0.29, 0.717) is 29.4 Å². The molecule has 7 heteroatoms. The van der Waals surface area contributed by atoms with Gasteiger partial charge >= 0.3 is 0 Å². The summed E-state index contributed by atoms with van der Waals surface area (Å²) in [6.45, 7) is 0.359. The van der Waals surface area contributed by atoms with Crippen LogP contribution in [0.1, 0.15) is 21.5 Å². The second-order valence-corrected chi connectivity index (χ2v) is 7.14. The SMILES string of the molecule is COc1ccc(C=NNC(=O)c2cc(Br)ccc2OCc2ccccc2)cc1OC. The predicted octanol–water partition coefficient (Wildman–Crippen LogP) is 4.81. The Balaban J connectivity index is 1.70. The van der Waals surface area contributed by atoms with Gasteiger partial charge in [-0.25, -0.2) is 5.43 Å². The highest BCUT2D eigenvalue weighted by atomic mass is 79.9. The molecule has 0 aliphatic rings. The first kappa shape index (κ1) is 21.4. The Morgan fingerprint density at radius 1 is 0.967 bits per heavy atom. The summed E-state index contributed by atoms with van der Waals surface area (Å²) in [5, 5.41) is 4.05. The molecule has 0 saturated heterocycles. The summed E-state index contributed by atoms with van der Waals surface area (Å²) in [6, 6.07) is 20.4. The molecule has 0 bridgehead atoms. The summed E-state index contributed by atoms with van der Waals surface area (Å²) in [7, 11) is 3.13. The zero-order chi connectivity index (χ0) is 21.3. The lowest BCUT2D eigenvalue weighted by Crippen LogP contribution is -2.18. The van der Waals surface area contributed by atoms with Crippen LogP contribution in [0, 0.1) is 0 Å². The molecule has 0 unspecified atom stereocenters. The second-order valence-electron chi connectivity index (χ2n) is 6.23. The number of hydrogen-bond acceptors (Lipinski definition) is 5. The van der Waals surface area contributed by atoms with Crippen LogP contribution < -0.4 is 19.6 Å². The molecule has 0 fully saturated rings. The Kier molecular flexibility index (Phi) is 7.45.